The molecule has 1 aromatic heterocycles. The molecule has 7 heteroatoms. The van der Waals surface area contributed by atoms with Crippen LogP contribution in [0, 0.1) is 0 Å². The standard InChI is InChI=1S/C14H15NO4S2/c16-10-13-14(5-8-20-13)21(17,18)15-6-7-19-12-4-2-1-3-11(12)9-15/h1-5,8,16H,6-7,9-10H2. The molecule has 1 aromatic carbocycles. The van der Waals surface area contributed by atoms with Crippen LogP contribution in [0.25, 0.3) is 0 Å². The van der Waals surface area contributed by atoms with Crippen LogP contribution in [-0.2, 0) is 23.2 Å². The Morgan fingerprint density at radius 1 is 1.29 bits per heavy atom. The predicted octanol–water partition coefficient (Wildman–Crippen LogP) is 1.82. The van der Waals surface area contributed by atoms with Gasteiger partial charge in [-0.15, -0.1) is 11.3 Å². The highest BCUT2D eigenvalue weighted by Gasteiger charge is 2.29. The van der Waals surface area contributed by atoms with Crippen molar-refractivity contribution in [3.05, 3.63) is 46.2 Å². The quantitative estimate of drug-likeness (QED) is 0.935. The topological polar surface area (TPSA) is 66.8 Å². The highest BCUT2D eigenvalue weighted by atomic mass is 32.2. The van der Waals surface area contributed by atoms with E-state index in [4.69, 9.17) is 4.74 Å². The SMILES string of the molecule is O=S(=O)(c1ccsc1CO)N1CCOc2ccccc2C1. The summed E-state index contributed by atoms with van der Waals surface area (Å²) >= 11 is 1.24. The number of fused-ring (bicyclic) bond motifs is 1. The van der Waals surface area contributed by atoms with E-state index in [2.05, 4.69) is 0 Å². The first-order chi connectivity index (χ1) is 10.1. The van der Waals surface area contributed by atoms with E-state index in [1.165, 1.54) is 15.6 Å². The van der Waals surface area contributed by atoms with Crippen LogP contribution >= 0.6 is 11.3 Å². The van der Waals surface area contributed by atoms with Crippen LogP contribution < -0.4 is 4.74 Å². The van der Waals surface area contributed by atoms with Crippen molar-refractivity contribution >= 4 is 21.4 Å². The lowest BCUT2D eigenvalue weighted by Crippen LogP contribution is -2.32. The molecule has 2 aromatic rings. The van der Waals surface area contributed by atoms with Crippen molar-refractivity contribution in [1.29, 1.82) is 0 Å². The highest BCUT2D eigenvalue weighted by Crippen LogP contribution is 2.29. The van der Waals surface area contributed by atoms with Gasteiger partial charge < -0.3 is 9.84 Å². The third-order valence-electron chi connectivity index (χ3n) is 3.38. The van der Waals surface area contributed by atoms with Crippen molar-refractivity contribution in [2.45, 2.75) is 18.0 Å². The van der Waals surface area contributed by atoms with Gasteiger partial charge >= 0.3 is 0 Å². The number of ether oxygens (including phenoxy) is 1. The molecule has 0 radical (unpaired) electrons. The highest BCUT2D eigenvalue weighted by molar-refractivity contribution is 7.89. The van der Waals surface area contributed by atoms with Crippen molar-refractivity contribution in [3.63, 3.8) is 0 Å². The van der Waals surface area contributed by atoms with Gasteiger partial charge in [0, 0.05) is 23.5 Å². The number of hydrogen-bond donors (Lipinski definition) is 1. The third kappa shape index (κ3) is 2.69. The summed E-state index contributed by atoms with van der Waals surface area (Å²) in [4.78, 5) is 0.655. The Kier molecular flexibility index (Phi) is 3.99. The van der Waals surface area contributed by atoms with Crippen LogP contribution in [0.4, 0.5) is 0 Å². The number of benzene rings is 1. The summed E-state index contributed by atoms with van der Waals surface area (Å²) in [6, 6.07) is 8.98. The van der Waals surface area contributed by atoms with Gasteiger partial charge in [0.2, 0.25) is 10.0 Å². The maximum Gasteiger partial charge on any atom is 0.244 e. The molecule has 0 unspecified atom stereocenters. The fraction of sp³-hybridized carbons (Fsp3) is 0.286. The van der Waals surface area contributed by atoms with Gasteiger partial charge in [0.15, 0.2) is 0 Å². The van der Waals surface area contributed by atoms with Gasteiger partial charge in [-0.1, -0.05) is 18.2 Å². The Labute approximate surface area is 127 Å². The zero-order valence-electron chi connectivity index (χ0n) is 11.2. The lowest BCUT2D eigenvalue weighted by atomic mass is 10.2. The van der Waals surface area contributed by atoms with Gasteiger partial charge in [-0.2, -0.15) is 4.31 Å². The molecular weight excluding hydrogens is 310 g/mol. The molecule has 0 saturated carbocycles. The molecule has 2 heterocycles. The van der Waals surface area contributed by atoms with Crippen LogP contribution in [-0.4, -0.2) is 31.0 Å². The zero-order chi connectivity index (χ0) is 14.9. The van der Waals surface area contributed by atoms with Crippen molar-refractivity contribution < 1.29 is 18.3 Å². The minimum atomic E-state index is -3.62. The van der Waals surface area contributed by atoms with Gasteiger partial charge in [0.05, 0.1) is 11.5 Å². The Morgan fingerprint density at radius 3 is 2.90 bits per heavy atom. The predicted molar refractivity (Wildman–Crippen MR) is 79.8 cm³/mol. The molecule has 1 aliphatic heterocycles. The van der Waals surface area contributed by atoms with Crippen LogP contribution in [0.1, 0.15) is 10.4 Å². The molecule has 0 aliphatic carbocycles. The number of aliphatic hydroxyl groups excluding tert-OH is 1. The van der Waals surface area contributed by atoms with Gasteiger partial charge in [0.1, 0.15) is 12.4 Å². The average molecular weight is 325 g/mol. The van der Waals surface area contributed by atoms with E-state index in [-0.39, 0.29) is 24.6 Å². The Bertz CT molecular complexity index is 739. The van der Waals surface area contributed by atoms with Crippen LogP contribution in [0.15, 0.2) is 40.6 Å². The molecule has 3 rings (SSSR count). The number of sulfonamides is 1. The Hall–Kier alpha value is -1.41. The fourth-order valence-electron chi connectivity index (χ4n) is 2.32. The van der Waals surface area contributed by atoms with Crippen LogP contribution in [0.3, 0.4) is 0 Å². The number of rotatable bonds is 3. The summed E-state index contributed by atoms with van der Waals surface area (Å²) < 4.78 is 32.5. The molecule has 5 nitrogen and oxygen atoms in total. The number of para-hydroxylation sites is 1. The van der Waals surface area contributed by atoms with Crippen molar-refractivity contribution in [3.8, 4) is 5.75 Å². The molecule has 1 N–H and O–H groups in total. The summed E-state index contributed by atoms with van der Waals surface area (Å²) in [6.45, 7) is 0.610. The maximum absolute atomic E-state index is 12.8. The number of thiophene rings is 1. The van der Waals surface area contributed by atoms with E-state index >= 15 is 0 Å². The monoisotopic (exact) mass is 325 g/mol. The van der Waals surface area contributed by atoms with Crippen LogP contribution in [0.5, 0.6) is 5.75 Å². The molecule has 1 aliphatic rings. The number of hydrogen-bond acceptors (Lipinski definition) is 5. The molecular formula is C14H15NO4S2. The zero-order valence-corrected chi connectivity index (χ0v) is 12.9. The number of aliphatic hydroxyl groups is 1. The first-order valence-electron chi connectivity index (χ1n) is 6.51. The van der Waals surface area contributed by atoms with E-state index in [0.29, 0.717) is 11.5 Å². The summed E-state index contributed by atoms with van der Waals surface area (Å²) in [5.41, 5.74) is 0.847. The smallest absolute Gasteiger partial charge is 0.244 e. The molecule has 0 bridgehead atoms. The van der Waals surface area contributed by atoms with E-state index in [0.717, 1.165) is 11.3 Å². The van der Waals surface area contributed by atoms with Crippen molar-refractivity contribution in [1.82, 2.24) is 4.31 Å². The normalized spacial score (nSPS) is 16.0. The van der Waals surface area contributed by atoms with Gasteiger partial charge in [-0.3, -0.25) is 0 Å². The summed E-state index contributed by atoms with van der Waals surface area (Å²) in [6.07, 6.45) is 0. The van der Waals surface area contributed by atoms with Crippen molar-refractivity contribution in [2.24, 2.45) is 0 Å². The molecule has 0 atom stereocenters. The van der Waals surface area contributed by atoms with E-state index in [9.17, 15) is 13.5 Å². The lowest BCUT2D eigenvalue weighted by molar-refractivity contribution is 0.280. The second-order valence-electron chi connectivity index (χ2n) is 4.66. The molecule has 21 heavy (non-hydrogen) atoms. The lowest BCUT2D eigenvalue weighted by Gasteiger charge is -2.19. The van der Waals surface area contributed by atoms with E-state index in [1.807, 2.05) is 24.3 Å². The first kappa shape index (κ1) is 14.5. The first-order valence-corrected chi connectivity index (χ1v) is 8.83. The largest absolute Gasteiger partial charge is 0.492 e. The minimum absolute atomic E-state index is 0.189. The Balaban J connectivity index is 1.97. The molecule has 0 fully saturated rings. The van der Waals surface area contributed by atoms with E-state index < -0.39 is 10.0 Å². The fourth-order valence-corrected chi connectivity index (χ4v) is 4.99. The molecule has 112 valence electrons. The minimum Gasteiger partial charge on any atom is -0.492 e. The Morgan fingerprint density at radius 2 is 2.10 bits per heavy atom. The van der Waals surface area contributed by atoms with Gasteiger partial charge in [-0.05, 0) is 17.5 Å². The summed E-state index contributed by atoms with van der Waals surface area (Å²) in [5.74, 6) is 0.725. The molecule has 0 saturated heterocycles. The summed E-state index contributed by atoms with van der Waals surface area (Å²) in [5, 5.41) is 11.0. The second-order valence-corrected chi connectivity index (χ2v) is 7.57. The third-order valence-corrected chi connectivity index (χ3v) is 6.35. The van der Waals surface area contributed by atoms with Gasteiger partial charge in [-0.25, -0.2) is 8.42 Å². The van der Waals surface area contributed by atoms with E-state index in [1.54, 1.807) is 11.4 Å². The molecule has 0 amide bonds. The second kappa shape index (κ2) is 5.76. The van der Waals surface area contributed by atoms with Gasteiger partial charge in [0.25, 0.3) is 0 Å². The summed E-state index contributed by atoms with van der Waals surface area (Å²) in [7, 11) is -3.62. The maximum atomic E-state index is 12.8. The molecule has 0 spiro atoms. The number of nitrogens with zero attached hydrogens (tertiary/aromatic N) is 1. The van der Waals surface area contributed by atoms with Crippen molar-refractivity contribution in [2.75, 3.05) is 13.2 Å². The van der Waals surface area contributed by atoms with Crippen LogP contribution in [0.2, 0.25) is 0 Å². The average Bonchev–Trinajstić information content (AvgIpc) is 2.86.